The molecule has 4 nitrogen and oxygen atoms in total. The van der Waals surface area contributed by atoms with Crippen molar-refractivity contribution >= 4 is 11.6 Å². The molecule has 0 atom stereocenters. The van der Waals surface area contributed by atoms with Gasteiger partial charge < -0.3 is 15.1 Å². The Hall–Kier alpha value is -1.55. The van der Waals surface area contributed by atoms with Crippen LogP contribution in [0.4, 0.5) is 5.69 Å². The largest absolute Gasteiger partial charge is 0.365 e. The number of likely N-dealkylation sites (N-methyl/N-ethyl adjacent to an activating group) is 2. The lowest BCUT2D eigenvalue weighted by Gasteiger charge is -2.23. The first-order chi connectivity index (χ1) is 9.81. The topological polar surface area (TPSA) is 35.6 Å². The van der Waals surface area contributed by atoms with E-state index in [2.05, 4.69) is 44.3 Å². The molecule has 0 unspecified atom stereocenters. The monoisotopic (exact) mass is 291 g/mol. The van der Waals surface area contributed by atoms with Crippen LogP contribution in [-0.4, -0.2) is 45.0 Å². The average Bonchev–Trinajstić information content (AvgIpc) is 2.37. The maximum absolute atomic E-state index is 11.8. The van der Waals surface area contributed by atoms with Crippen molar-refractivity contribution < 1.29 is 4.79 Å². The van der Waals surface area contributed by atoms with Crippen molar-refractivity contribution in [2.24, 2.45) is 5.92 Å². The highest BCUT2D eigenvalue weighted by Gasteiger charge is 2.11. The number of nitrogens with one attached hydrogen (secondary N) is 1. The van der Waals surface area contributed by atoms with Gasteiger partial charge in [-0.05, 0) is 36.6 Å². The fourth-order valence-corrected chi connectivity index (χ4v) is 2.19. The Labute approximate surface area is 129 Å². The smallest absolute Gasteiger partial charge is 0.241 e. The molecule has 1 rings (SSSR count). The molecule has 118 valence electrons. The molecule has 0 bridgehead atoms. The first kappa shape index (κ1) is 17.5. The van der Waals surface area contributed by atoms with Gasteiger partial charge in [0.05, 0.1) is 6.54 Å². The third-order valence-electron chi connectivity index (χ3n) is 3.43. The Morgan fingerprint density at radius 1 is 1.24 bits per heavy atom. The summed E-state index contributed by atoms with van der Waals surface area (Å²) in [4.78, 5) is 15.4. The summed E-state index contributed by atoms with van der Waals surface area (Å²) in [6.07, 6.45) is 0. The molecule has 1 aromatic carbocycles. The predicted molar refractivity (Wildman–Crippen MR) is 89.7 cm³/mol. The Bertz CT molecular complexity index is 469. The molecule has 21 heavy (non-hydrogen) atoms. The van der Waals surface area contributed by atoms with Crippen LogP contribution in [0.2, 0.25) is 0 Å². The van der Waals surface area contributed by atoms with Crippen molar-refractivity contribution in [3.05, 3.63) is 29.3 Å². The molecule has 4 heteroatoms. The van der Waals surface area contributed by atoms with Gasteiger partial charge in [-0.2, -0.15) is 0 Å². The van der Waals surface area contributed by atoms with E-state index in [9.17, 15) is 4.79 Å². The third-order valence-corrected chi connectivity index (χ3v) is 3.43. The zero-order chi connectivity index (χ0) is 16.0. The van der Waals surface area contributed by atoms with E-state index in [0.29, 0.717) is 12.5 Å². The second kappa shape index (κ2) is 8.03. The second-order valence-corrected chi connectivity index (χ2v) is 6.29. The maximum Gasteiger partial charge on any atom is 0.241 e. The normalized spacial score (nSPS) is 10.8. The van der Waals surface area contributed by atoms with E-state index >= 15 is 0 Å². The van der Waals surface area contributed by atoms with Gasteiger partial charge in [-0.25, -0.2) is 0 Å². The number of carbonyl (C=O) groups excluding carboxylic acids is 1. The van der Waals surface area contributed by atoms with E-state index in [0.717, 1.165) is 18.8 Å². The highest BCUT2D eigenvalue weighted by atomic mass is 16.2. The van der Waals surface area contributed by atoms with Gasteiger partial charge in [0, 0.05) is 33.4 Å². The van der Waals surface area contributed by atoms with Gasteiger partial charge in [0.1, 0.15) is 0 Å². The van der Waals surface area contributed by atoms with Gasteiger partial charge in [-0.15, -0.1) is 0 Å². The molecule has 1 N–H and O–H groups in total. The average molecular weight is 291 g/mol. The number of amides is 1. The van der Waals surface area contributed by atoms with Gasteiger partial charge in [-0.1, -0.05) is 26.0 Å². The molecule has 1 amide bonds. The molecule has 0 heterocycles. The Morgan fingerprint density at radius 2 is 1.90 bits per heavy atom. The van der Waals surface area contributed by atoms with Crippen LogP contribution in [0.15, 0.2) is 18.2 Å². The molecule has 0 aliphatic carbocycles. The molecule has 0 aliphatic heterocycles. The van der Waals surface area contributed by atoms with Crippen LogP contribution in [0, 0.1) is 12.8 Å². The van der Waals surface area contributed by atoms with Gasteiger partial charge in [0.15, 0.2) is 0 Å². The summed E-state index contributed by atoms with van der Waals surface area (Å²) in [5.74, 6) is 0.771. The van der Waals surface area contributed by atoms with E-state index < -0.39 is 0 Å². The summed E-state index contributed by atoms with van der Waals surface area (Å²) in [7, 11) is 5.53. The fraction of sp³-hybridized carbons (Fsp3) is 0.588. The molecular weight excluding hydrogens is 262 g/mol. The van der Waals surface area contributed by atoms with Crippen LogP contribution in [0.3, 0.4) is 0 Å². The Kier molecular flexibility index (Phi) is 6.69. The van der Waals surface area contributed by atoms with Crippen molar-refractivity contribution in [1.29, 1.82) is 0 Å². The van der Waals surface area contributed by atoms with Crippen LogP contribution in [0.1, 0.15) is 25.0 Å². The minimum absolute atomic E-state index is 0.111. The van der Waals surface area contributed by atoms with Crippen molar-refractivity contribution in [2.45, 2.75) is 27.3 Å². The summed E-state index contributed by atoms with van der Waals surface area (Å²) >= 11 is 0. The zero-order valence-electron chi connectivity index (χ0n) is 14.2. The van der Waals surface area contributed by atoms with Crippen LogP contribution in [0.25, 0.3) is 0 Å². The van der Waals surface area contributed by atoms with Crippen molar-refractivity contribution in [2.75, 3.05) is 39.1 Å². The lowest BCUT2D eigenvalue weighted by Crippen LogP contribution is -2.34. The molecule has 1 aromatic rings. The fourth-order valence-electron chi connectivity index (χ4n) is 2.19. The number of hydrogen-bond acceptors (Lipinski definition) is 3. The molecule has 0 aliphatic rings. The number of benzene rings is 1. The van der Waals surface area contributed by atoms with E-state index in [1.807, 2.05) is 11.9 Å². The summed E-state index contributed by atoms with van der Waals surface area (Å²) in [5.41, 5.74) is 3.59. The highest BCUT2D eigenvalue weighted by Crippen LogP contribution is 2.20. The molecular formula is C17H29N3O. The van der Waals surface area contributed by atoms with Crippen LogP contribution < -0.4 is 10.2 Å². The van der Waals surface area contributed by atoms with E-state index in [1.165, 1.54) is 11.1 Å². The van der Waals surface area contributed by atoms with Gasteiger partial charge in [-0.3, -0.25) is 4.79 Å². The minimum Gasteiger partial charge on any atom is -0.365 e. The van der Waals surface area contributed by atoms with E-state index in [-0.39, 0.29) is 5.91 Å². The molecule has 0 fully saturated rings. The van der Waals surface area contributed by atoms with Crippen molar-refractivity contribution in [1.82, 2.24) is 10.2 Å². The number of carbonyl (C=O) groups is 1. The molecule has 0 spiro atoms. The Morgan fingerprint density at radius 3 is 2.43 bits per heavy atom. The number of anilines is 1. The molecule has 0 radical (unpaired) electrons. The summed E-state index contributed by atoms with van der Waals surface area (Å²) < 4.78 is 0. The van der Waals surface area contributed by atoms with E-state index in [1.54, 1.807) is 19.0 Å². The van der Waals surface area contributed by atoms with Crippen LogP contribution in [-0.2, 0) is 11.3 Å². The number of nitrogens with zero attached hydrogens (tertiary/aromatic N) is 2. The zero-order valence-corrected chi connectivity index (χ0v) is 14.2. The summed E-state index contributed by atoms with van der Waals surface area (Å²) in [6, 6.07) is 6.43. The van der Waals surface area contributed by atoms with Gasteiger partial charge >= 0.3 is 0 Å². The number of aryl methyl sites for hydroxylation is 1. The van der Waals surface area contributed by atoms with Crippen molar-refractivity contribution in [3.63, 3.8) is 0 Å². The maximum atomic E-state index is 11.8. The number of hydrogen-bond donors (Lipinski definition) is 1. The minimum atomic E-state index is 0.111. The quantitative estimate of drug-likeness (QED) is 0.837. The second-order valence-electron chi connectivity index (χ2n) is 6.29. The van der Waals surface area contributed by atoms with Crippen LogP contribution >= 0.6 is 0 Å². The van der Waals surface area contributed by atoms with Crippen LogP contribution in [0.5, 0.6) is 0 Å². The highest BCUT2D eigenvalue weighted by molar-refractivity contribution is 5.81. The first-order valence-corrected chi connectivity index (χ1v) is 7.52. The summed E-state index contributed by atoms with van der Waals surface area (Å²) in [6.45, 7) is 8.82. The predicted octanol–water partition coefficient (Wildman–Crippen LogP) is 2.27. The third kappa shape index (κ3) is 5.76. The molecule has 0 aromatic heterocycles. The van der Waals surface area contributed by atoms with Gasteiger partial charge in [0.2, 0.25) is 5.91 Å². The molecule has 0 saturated carbocycles. The lowest BCUT2D eigenvalue weighted by molar-refractivity contribution is -0.127. The summed E-state index contributed by atoms with van der Waals surface area (Å²) in [5, 5.41) is 3.45. The first-order valence-electron chi connectivity index (χ1n) is 7.52. The Balaban J connectivity index is 2.67. The van der Waals surface area contributed by atoms with Crippen molar-refractivity contribution in [3.8, 4) is 0 Å². The van der Waals surface area contributed by atoms with Gasteiger partial charge in [0.25, 0.3) is 0 Å². The SMILES string of the molecule is Cc1cc(CNCC(C)C)ccc1N(C)CC(=O)N(C)C. The molecule has 0 saturated heterocycles. The number of rotatable bonds is 7. The lowest BCUT2D eigenvalue weighted by atomic mass is 10.1. The standard InChI is InChI=1S/C17H29N3O/c1-13(2)10-18-11-15-7-8-16(14(3)9-15)20(6)12-17(21)19(4)5/h7-9,13,18H,10-12H2,1-6H3. The van der Waals surface area contributed by atoms with E-state index in [4.69, 9.17) is 0 Å².